The van der Waals surface area contributed by atoms with Crippen LogP contribution in [-0.2, 0) is 9.63 Å². The molecule has 0 rings (SSSR count). The molecule has 0 fully saturated rings. The van der Waals surface area contributed by atoms with E-state index in [-0.39, 0.29) is 5.91 Å². The molecule has 3 nitrogen and oxygen atoms in total. The normalized spacial score (nSPS) is 9.27. The van der Waals surface area contributed by atoms with E-state index in [9.17, 15) is 4.79 Å². The van der Waals surface area contributed by atoms with E-state index in [0.29, 0.717) is 19.6 Å². The first kappa shape index (κ1) is 10.2. The molecule has 0 saturated carbocycles. The van der Waals surface area contributed by atoms with Crippen molar-refractivity contribution in [1.82, 2.24) is 5.06 Å². The summed E-state index contributed by atoms with van der Waals surface area (Å²) in [5.74, 6) is -0.00764. The summed E-state index contributed by atoms with van der Waals surface area (Å²) < 4.78 is 0. The molecule has 3 heteroatoms. The maximum absolute atomic E-state index is 11.0. The van der Waals surface area contributed by atoms with E-state index < -0.39 is 0 Å². The number of hydroxylamine groups is 2. The number of amides is 1. The summed E-state index contributed by atoms with van der Waals surface area (Å²) in [6.07, 6.45) is 2.11. The highest BCUT2D eigenvalue weighted by atomic mass is 16.7. The SMILES string of the molecule is C=CCN(OCC)C(=O)CC. The van der Waals surface area contributed by atoms with E-state index in [1.165, 1.54) is 5.06 Å². The second kappa shape index (κ2) is 5.92. The maximum atomic E-state index is 11.0. The van der Waals surface area contributed by atoms with Gasteiger partial charge in [0.15, 0.2) is 0 Å². The lowest BCUT2D eigenvalue weighted by Crippen LogP contribution is -2.30. The highest BCUT2D eigenvalue weighted by Gasteiger charge is 2.08. The van der Waals surface area contributed by atoms with Gasteiger partial charge in [0, 0.05) is 6.42 Å². The van der Waals surface area contributed by atoms with Crippen LogP contribution in [-0.4, -0.2) is 24.1 Å². The van der Waals surface area contributed by atoms with E-state index >= 15 is 0 Å². The zero-order chi connectivity index (χ0) is 8.69. The first-order valence-electron chi connectivity index (χ1n) is 3.80. The Kier molecular flexibility index (Phi) is 5.47. The van der Waals surface area contributed by atoms with Crippen LogP contribution in [0.25, 0.3) is 0 Å². The molecule has 0 radical (unpaired) electrons. The van der Waals surface area contributed by atoms with Gasteiger partial charge < -0.3 is 0 Å². The van der Waals surface area contributed by atoms with Crippen molar-refractivity contribution >= 4 is 5.91 Å². The van der Waals surface area contributed by atoms with Gasteiger partial charge in [-0.15, -0.1) is 6.58 Å². The number of carbonyl (C=O) groups excluding carboxylic acids is 1. The lowest BCUT2D eigenvalue weighted by atomic mass is 10.4. The van der Waals surface area contributed by atoms with E-state index in [4.69, 9.17) is 4.84 Å². The van der Waals surface area contributed by atoms with Crippen LogP contribution in [0.2, 0.25) is 0 Å². The first-order valence-corrected chi connectivity index (χ1v) is 3.80. The second-order valence-corrected chi connectivity index (χ2v) is 2.01. The molecule has 0 bridgehead atoms. The Hall–Kier alpha value is -0.830. The van der Waals surface area contributed by atoms with Crippen molar-refractivity contribution in [1.29, 1.82) is 0 Å². The van der Waals surface area contributed by atoms with Gasteiger partial charge in [0.05, 0.1) is 13.2 Å². The van der Waals surface area contributed by atoms with Gasteiger partial charge in [0.25, 0.3) is 0 Å². The summed E-state index contributed by atoms with van der Waals surface area (Å²) in [6.45, 7) is 8.15. The Balaban J connectivity index is 3.86. The molecule has 0 aliphatic rings. The molecule has 0 aliphatic heterocycles. The summed E-state index contributed by atoms with van der Waals surface area (Å²) >= 11 is 0. The third kappa shape index (κ3) is 3.78. The number of hydrogen-bond donors (Lipinski definition) is 0. The van der Waals surface area contributed by atoms with Crippen LogP contribution in [0.15, 0.2) is 12.7 Å². The van der Waals surface area contributed by atoms with Gasteiger partial charge in [0.1, 0.15) is 0 Å². The zero-order valence-corrected chi connectivity index (χ0v) is 7.17. The molecular formula is C8H15NO2. The summed E-state index contributed by atoms with van der Waals surface area (Å²) in [6, 6.07) is 0. The van der Waals surface area contributed by atoms with E-state index in [1.807, 2.05) is 6.92 Å². The minimum Gasteiger partial charge on any atom is -0.273 e. The van der Waals surface area contributed by atoms with Crippen molar-refractivity contribution in [3.8, 4) is 0 Å². The molecule has 0 N–H and O–H groups in total. The number of hydrogen-bond acceptors (Lipinski definition) is 2. The van der Waals surface area contributed by atoms with Gasteiger partial charge >= 0.3 is 0 Å². The van der Waals surface area contributed by atoms with Gasteiger partial charge in [-0.25, -0.2) is 5.06 Å². The quantitative estimate of drug-likeness (QED) is 0.445. The Morgan fingerprint density at radius 2 is 2.27 bits per heavy atom. The Morgan fingerprint density at radius 1 is 1.64 bits per heavy atom. The standard InChI is InChI=1S/C8H15NO2/c1-4-7-9(11-6-3)8(10)5-2/h4H,1,5-7H2,2-3H3. The molecule has 0 aliphatic carbocycles. The van der Waals surface area contributed by atoms with Crippen molar-refractivity contribution in [2.24, 2.45) is 0 Å². The second-order valence-electron chi connectivity index (χ2n) is 2.01. The number of carbonyl (C=O) groups is 1. The van der Waals surface area contributed by atoms with Crippen LogP contribution >= 0.6 is 0 Å². The van der Waals surface area contributed by atoms with Crippen LogP contribution in [0, 0.1) is 0 Å². The molecule has 0 aromatic carbocycles. The number of rotatable bonds is 5. The molecule has 0 atom stereocenters. The Labute approximate surface area is 67.6 Å². The summed E-state index contributed by atoms with van der Waals surface area (Å²) in [7, 11) is 0. The molecule has 0 aromatic heterocycles. The molecule has 11 heavy (non-hydrogen) atoms. The lowest BCUT2D eigenvalue weighted by molar-refractivity contribution is -0.181. The third-order valence-electron chi connectivity index (χ3n) is 1.16. The predicted octanol–water partition coefficient (Wildman–Crippen LogP) is 1.36. The molecule has 0 saturated heterocycles. The topological polar surface area (TPSA) is 29.5 Å². The monoisotopic (exact) mass is 157 g/mol. The van der Waals surface area contributed by atoms with Crippen molar-refractivity contribution < 1.29 is 9.63 Å². The fourth-order valence-electron chi connectivity index (χ4n) is 0.676. The van der Waals surface area contributed by atoms with Gasteiger partial charge in [-0.2, -0.15) is 0 Å². The average molecular weight is 157 g/mol. The Morgan fingerprint density at radius 3 is 2.64 bits per heavy atom. The number of nitrogens with zero attached hydrogens (tertiary/aromatic N) is 1. The summed E-state index contributed by atoms with van der Waals surface area (Å²) in [4.78, 5) is 16.1. The van der Waals surface area contributed by atoms with Gasteiger partial charge in [0.2, 0.25) is 5.91 Å². The maximum Gasteiger partial charge on any atom is 0.246 e. The molecule has 1 amide bonds. The molecule has 0 unspecified atom stereocenters. The van der Waals surface area contributed by atoms with Crippen molar-refractivity contribution in [3.63, 3.8) is 0 Å². The van der Waals surface area contributed by atoms with E-state index in [2.05, 4.69) is 6.58 Å². The van der Waals surface area contributed by atoms with Crippen LogP contribution in [0.5, 0.6) is 0 Å². The first-order chi connectivity index (χ1) is 5.26. The van der Waals surface area contributed by atoms with E-state index in [1.54, 1.807) is 13.0 Å². The summed E-state index contributed by atoms with van der Waals surface area (Å²) in [5, 5.41) is 1.33. The molecule has 0 heterocycles. The predicted molar refractivity (Wildman–Crippen MR) is 43.8 cm³/mol. The fraction of sp³-hybridized carbons (Fsp3) is 0.625. The minimum absolute atomic E-state index is 0.00764. The fourth-order valence-corrected chi connectivity index (χ4v) is 0.676. The summed E-state index contributed by atoms with van der Waals surface area (Å²) in [5.41, 5.74) is 0. The van der Waals surface area contributed by atoms with Crippen LogP contribution in [0.4, 0.5) is 0 Å². The van der Waals surface area contributed by atoms with Crippen molar-refractivity contribution in [2.75, 3.05) is 13.2 Å². The largest absolute Gasteiger partial charge is 0.273 e. The van der Waals surface area contributed by atoms with Crippen LogP contribution in [0.3, 0.4) is 0 Å². The van der Waals surface area contributed by atoms with Gasteiger partial charge in [-0.05, 0) is 6.92 Å². The van der Waals surface area contributed by atoms with Crippen LogP contribution < -0.4 is 0 Å². The average Bonchev–Trinajstić information content (AvgIpc) is 2.03. The molecular weight excluding hydrogens is 142 g/mol. The van der Waals surface area contributed by atoms with Crippen molar-refractivity contribution in [3.05, 3.63) is 12.7 Å². The highest BCUT2D eigenvalue weighted by Crippen LogP contribution is 1.94. The third-order valence-corrected chi connectivity index (χ3v) is 1.16. The molecule has 0 aromatic rings. The molecule has 64 valence electrons. The highest BCUT2D eigenvalue weighted by molar-refractivity contribution is 5.74. The lowest BCUT2D eigenvalue weighted by Gasteiger charge is -2.18. The zero-order valence-electron chi connectivity index (χ0n) is 7.17. The van der Waals surface area contributed by atoms with Gasteiger partial charge in [-0.1, -0.05) is 13.0 Å². The smallest absolute Gasteiger partial charge is 0.246 e. The Bertz CT molecular complexity index is 134. The van der Waals surface area contributed by atoms with Gasteiger partial charge in [-0.3, -0.25) is 9.63 Å². The van der Waals surface area contributed by atoms with Crippen molar-refractivity contribution in [2.45, 2.75) is 20.3 Å². The van der Waals surface area contributed by atoms with Crippen LogP contribution in [0.1, 0.15) is 20.3 Å². The van der Waals surface area contributed by atoms with E-state index in [0.717, 1.165) is 0 Å². The minimum atomic E-state index is -0.00764. The molecule has 0 spiro atoms.